The Labute approximate surface area is 185 Å². The van der Waals surface area contributed by atoms with Crippen LogP contribution in [0, 0.1) is 5.92 Å². The van der Waals surface area contributed by atoms with E-state index in [0.29, 0.717) is 30.8 Å². The van der Waals surface area contributed by atoms with Gasteiger partial charge in [-0.3, -0.25) is 4.79 Å². The molecule has 1 aliphatic heterocycles. The molecular formula is C25H32N2O3S. The van der Waals surface area contributed by atoms with Crippen molar-refractivity contribution in [3.63, 3.8) is 0 Å². The van der Waals surface area contributed by atoms with Crippen LogP contribution >= 0.6 is 0 Å². The summed E-state index contributed by atoms with van der Waals surface area (Å²) in [5.41, 5.74) is 3.71. The van der Waals surface area contributed by atoms with Crippen LogP contribution in [0.15, 0.2) is 53.4 Å². The number of piperidine rings is 1. The molecule has 6 heteroatoms. The van der Waals surface area contributed by atoms with Crippen molar-refractivity contribution in [2.45, 2.75) is 62.8 Å². The Morgan fingerprint density at radius 3 is 2.52 bits per heavy atom. The second-order valence-corrected chi connectivity index (χ2v) is 10.8. The number of aryl methyl sites for hydroxylation is 3. The first-order valence-corrected chi connectivity index (χ1v) is 12.8. The third kappa shape index (κ3) is 5.18. The molecule has 0 aromatic heterocycles. The third-order valence-electron chi connectivity index (χ3n) is 6.63. The van der Waals surface area contributed by atoms with Gasteiger partial charge in [0.1, 0.15) is 0 Å². The first kappa shape index (κ1) is 22.0. The molecule has 166 valence electrons. The van der Waals surface area contributed by atoms with Gasteiger partial charge in [0, 0.05) is 25.0 Å². The van der Waals surface area contributed by atoms with Gasteiger partial charge in [0.15, 0.2) is 0 Å². The number of sulfonamides is 1. The maximum atomic E-state index is 13.1. The lowest BCUT2D eigenvalue weighted by Crippen LogP contribution is -2.44. The van der Waals surface area contributed by atoms with E-state index in [1.807, 2.05) is 37.3 Å². The zero-order valence-electron chi connectivity index (χ0n) is 18.2. The topological polar surface area (TPSA) is 66.5 Å². The van der Waals surface area contributed by atoms with Crippen LogP contribution in [-0.4, -0.2) is 37.8 Å². The van der Waals surface area contributed by atoms with Crippen LogP contribution in [0.1, 0.15) is 49.3 Å². The van der Waals surface area contributed by atoms with Crippen molar-refractivity contribution in [1.29, 1.82) is 0 Å². The Balaban J connectivity index is 1.28. The molecule has 1 heterocycles. The summed E-state index contributed by atoms with van der Waals surface area (Å²) in [6, 6.07) is 15.9. The summed E-state index contributed by atoms with van der Waals surface area (Å²) in [7, 11) is -3.49. The molecule has 31 heavy (non-hydrogen) atoms. The van der Waals surface area contributed by atoms with Gasteiger partial charge in [-0.05, 0) is 80.7 Å². The fourth-order valence-corrected chi connectivity index (χ4v) is 6.20. The molecule has 2 aliphatic rings. The Hall–Kier alpha value is -2.18. The first-order chi connectivity index (χ1) is 14.9. The molecule has 2 aromatic rings. The van der Waals surface area contributed by atoms with Gasteiger partial charge in [-0.1, -0.05) is 36.4 Å². The largest absolute Gasteiger partial charge is 0.353 e. The van der Waals surface area contributed by atoms with Crippen LogP contribution in [0.3, 0.4) is 0 Å². The SMILES string of the molecule is CC(CCc1ccccc1)NC(=O)C1CCN(S(=O)(=O)c2ccc3c(c2)CCC3)CC1. The molecule has 2 aromatic carbocycles. The monoisotopic (exact) mass is 440 g/mol. The number of rotatable bonds is 7. The van der Waals surface area contributed by atoms with E-state index in [9.17, 15) is 13.2 Å². The highest BCUT2D eigenvalue weighted by Crippen LogP contribution is 2.28. The number of fused-ring (bicyclic) bond motifs is 1. The summed E-state index contributed by atoms with van der Waals surface area (Å²) < 4.78 is 27.7. The second kappa shape index (κ2) is 9.53. The van der Waals surface area contributed by atoms with Crippen molar-refractivity contribution in [3.05, 3.63) is 65.2 Å². The second-order valence-electron chi connectivity index (χ2n) is 8.90. The molecular weight excluding hydrogens is 408 g/mol. The summed E-state index contributed by atoms with van der Waals surface area (Å²) in [6.07, 6.45) is 6.07. The van der Waals surface area contributed by atoms with Crippen molar-refractivity contribution < 1.29 is 13.2 Å². The molecule has 5 nitrogen and oxygen atoms in total. The number of nitrogens with one attached hydrogen (secondary N) is 1. The lowest BCUT2D eigenvalue weighted by Gasteiger charge is -2.31. The van der Waals surface area contributed by atoms with Crippen molar-refractivity contribution >= 4 is 15.9 Å². The highest BCUT2D eigenvalue weighted by atomic mass is 32.2. The van der Waals surface area contributed by atoms with Crippen molar-refractivity contribution in [2.75, 3.05) is 13.1 Å². The quantitative estimate of drug-likeness (QED) is 0.714. The van der Waals surface area contributed by atoms with Crippen LogP contribution in [0.25, 0.3) is 0 Å². The zero-order chi connectivity index (χ0) is 21.8. The van der Waals surface area contributed by atoms with Gasteiger partial charge in [-0.25, -0.2) is 8.42 Å². The number of amides is 1. The minimum atomic E-state index is -3.49. The van der Waals surface area contributed by atoms with Crippen LogP contribution in [0.4, 0.5) is 0 Å². The number of carbonyl (C=O) groups is 1. The Morgan fingerprint density at radius 2 is 1.77 bits per heavy atom. The maximum absolute atomic E-state index is 13.1. The van der Waals surface area contributed by atoms with E-state index in [4.69, 9.17) is 0 Å². The van der Waals surface area contributed by atoms with E-state index in [1.165, 1.54) is 16.7 Å². The van der Waals surface area contributed by atoms with E-state index in [2.05, 4.69) is 17.4 Å². The van der Waals surface area contributed by atoms with Gasteiger partial charge in [0.25, 0.3) is 0 Å². The minimum absolute atomic E-state index is 0.0511. The first-order valence-electron chi connectivity index (χ1n) is 11.4. The molecule has 1 saturated heterocycles. The summed E-state index contributed by atoms with van der Waals surface area (Å²) in [4.78, 5) is 13.1. The predicted octanol–water partition coefficient (Wildman–Crippen LogP) is 3.71. The van der Waals surface area contributed by atoms with Crippen LogP contribution < -0.4 is 5.32 Å². The number of carbonyl (C=O) groups excluding carboxylic acids is 1. The van der Waals surface area contributed by atoms with Crippen LogP contribution in [0.5, 0.6) is 0 Å². The number of hydrogen-bond acceptors (Lipinski definition) is 3. The zero-order valence-corrected chi connectivity index (χ0v) is 19.0. The average Bonchev–Trinajstić information content (AvgIpc) is 3.26. The fourth-order valence-electron chi connectivity index (χ4n) is 4.68. The van der Waals surface area contributed by atoms with Gasteiger partial charge in [-0.2, -0.15) is 4.31 Å². The Kier molecular flexibility index (Phi) is 6.77. The fraction of sp³-hybridized carbons (Fsp3) is 0.480. The van der Waals surface area contributed by atoms with E-state index >= 15 is 0 Å². The Bertz CT molecular complexity index is 1010. The normalized spacial score (nSPS) is 18.5. The van der Waals surface area contributed by atoms with Crippen LogP contribution in [0.2, 0.25) is 0 Å². The molecule has 0 bridgehead atoms. The molecule has 1 N–H and O–H groups in total. The summed E-state index contributed by atoms with van der Waals surface area (Å²) in [5, 5.41) is 3.13. The van der Waals surface area contributed by atoms with E-state index in [0.717, 1.165) is 32.1 Å². The molecule has 0 radical (unpaired) electrons. The third-order valence-corrected chi connectivity index (χ3v) is 8.52. The summed E-state index contributed by atoms with van der Waals surface area (Å²) in [6.45, 7) is 2.83. The molecule has 4 rings (SSSR count). The standard InChI is InChI=1S/C25H32N2O3S/c1-19(10-11-20-6-3-2-4-7-20)26-25(28)22-14-16-27(17-15-22)31(29,30)24-13-12-21-8-5-9-23(21)18-24/h2-4,6-7,12-13,18-19,22H,5,8-11,14-17H2,1H3,(H,26,28). The van der Waals surface area contributed by atoms with Crippen molar-refractivity contribution in [3.8, 4) is 0 Å². The molecule has 1 unspecified atom stereocenters. The number of benzene rings is 2. The van der Waals surface area contributed by atoms with Crippen molar-refractivity contribution in [1.82, 2.24) is 9.62 Å². The van der Waals surface area contributed by atoms with Gasteiger partial charge in [0.2, 0.25) is 15.9 Å². The molecule has 0 spiro atoms. The van der Waals surface area contributed by atoms with Gasteiger partial charge >= 0.3 is 0 Å². The average molecular weight is 441 g/mol. The van der Waals surface area contributed by atoms with E-state index < -0.39 is 10.0 Å². The van der Waals surface area contributed by atoms with Crippen molar-refractivity contribution in [2.24, 2.45) is 5.92 Å². The predicted molar refractivity (Wildman–Crippen MR) is 122 cm³/mol. The van der Waals surface area contributed by atoms with Gasteiger partial charge < -0.3 is 5.32 Å². The van der Waals surface area contributed by atoms with Crippen LogP contribution in [-0.2, 0) is 34.1 Å². The lowest BCUT2D eigenvalue weighted by atomic mass is 9.96. The maximum Gasteiger partial charge on any atom is 0.243 e. The Morgan fingerprint density at radius 1 is 1.06 bits per heavy atom. The molecule has 1 fully saturated rings. The van der Waals surface area contributed by atoms with Gasteiger partial charge in [0.05, 0.1) is 4.90 Å². The molecule has 1 aliphatic carbocycles. The minimum Gasteiger partial charge on any atom is -0.353 e. The van der Waals surface area contributed by atoms with E-state index in [1.54, 1.807) is 10.4 Å². The number of nitrogens with zero attached hydrogens (tertiary/aromatic N) is 1. The molecule has 1 amide bonds. The van der Waals surface area contributed by atoms with E-state index in [-0.39, 0.29) is 17.9 Å². The molecule has 1 atom stereocenters. The lowest BCUT2D eigenvalue weighted by molar-refractivity contribution is -0.126. The molecule has 0 saturated carbocycles. The van der Waals surface area contributed by atoms with Gasteiger partial charge in [-0.15, -0.1) is 0 Å². The summed E-state index contributed by atoms with van der Waals surface area (Å²) >= 11 is 0. The highest BCUT2D eigenvalue weighted by Gasteiger charge is 2.32. The number of hydrogen-bond donors (Lipinski definition) is 1. The highest BCUT2D eigenvalue weighted by molar-refractivity contribution is 7.89. The summed E-state index contributed by atoms with van der Waals surface area (Å²) in [5.74, 6) is -0.0687. The smallest absolute Gasteiger partial charge is 0.243 e.